The van der Waals surface area contributed by atoms with Crippen LogP contribution in [-0.4, -0.2) is 31.2 Å². The fourth-order valence-corrected chi connectivity index (χ4v) is 2.42. The van der Waals surface area contributed by atoms with E-state index in [0.29, 0.717) is 30.3 Å². The Balaban J connectivity index is 1.45. The summed E-state index contributed by atoms with van der Waals surface area (Å²) < 4.78 is 24.3. The number of para-hydroxylation sites is 1. The molecular formula is C21H20FN3O3. The van der Waals surface area contributed by atoms with E-state index in [4.69, 9.17) is 9.47 Å². The van der Waals surface area contributed by atoms with Gasteiger partial charge in [0.15, 0.2) is 0 Å². The average molecular weight is 381 g/mol. The number of hydrogen-bond donors (Lipinski definition) is 2. The van der Waals surface area contributed by atoms with Gasteiger partial charge in [-0.15, -0.1) is 0 Å². The van der Waals surface area contributed by atoms with Gasteiger partial charge in [-0.25, -0.2) is 9.37 Å². The van der Waals surface area contributed by atoms with E-state index in [1.807, 2.05) is 0 Å². The molecule has 0 aliphatic carbocycles. The van der Waals surface area contributed by atoms with Gasteiger partial charge in [-0.3, -0.25) is 4.79 Å². The molecule has 28 heavy (non-hydrogen) atoms. The molecule has 1 aromatic heterocycles. The van der Waals surface area contributed by atoms with Crippen molar-refractivity contribution in [3.05, 3.63) is 78.4 Å². The van der Waals surface area contributed by atoms with E-state index < -0.39 is 0 Å². The summed E-state index contributed by atoms with van der Waals surface area (Å²) in [7, 11) is 1.60. The molecule has 7 heteroatoms. The Bertz CT molecular complexity index is 915. The van der Waals surface area contributed by atoms with Crippen molar-refractivity contribution in [3.8, 4) is 11.5 Å². The van der Waals surface area contributed by atoms with Crippen molar-refractivity contribution in [2.45, 2.75) is 0 Å². The predicted octanol–water partition coefficient (Wildman–Crippen LogP) is 3.78. The number of nitrogens with one attached hydrogen (secondary N) is 2. The third-order valence-corrected chi connectivity index (χ3v) is 3.86. The Morgan fingerprint density at radius 3 is 2.46 bits per heavy atom. The molecule has 6 nitrogen and oxygen atoms in total. The first-order valence-electron chi connectivity index (χ1n) is 8.68. The van der Waals surface area contributed by atoms with E-state index in [-0.39, 0.29) is 17.4 Å². The van der Waals surface area contributed by atoms with Gasteiger partial charge in [0.1, 0.15) is 29.6 Å². The second-order valence-electron chi connectivity index (χ2n) is 5.82. The van der Waals surface area contributed by atoms with Crippen LogP contribution in [0, 0.1) is 5.82 Å². The number of anilines is 2. The van der Waals surface area contributed by atoms with Crippen LogP contribution in [0.25, 0.3) is 0 Å². The zero-order valence-electron chi connectivity index (χ0n) is 15.3. The number of carbonyl (C=O) groups is 1. The van der Waals surface area contributed by atoms with Gasteiger partial charge in [-0.05, 0) is 48.5 Å². The molecule has 2 N–H and O–H groups in total. The van der Waals surface area contributed by atoms with Crippen LogP contribution in [0.5, 0.6) is 11.5 Å². The third-order valence-electron chi connectivity index (χ3n) is 3.86. The maximum atomic E-state index is 13.7. The van der Waals surface area contributed by atoms with Crippen LogP contribution in [0.15, 0.2) is 66.9 Å². The van der Waals surface area contributed by atoms with Crippen LogP contribution in [0.2, 0.25) is 0 Å². The Kier molecular flexibility index (Phi) is 6.41. The second-order valence-corrected chi connectivity index (χ2v) is 5.82. The normalized spacial score (nSPS) is 10.2. The molecule has 3 aromatic rings. The van der Waals surface area contributed by atoms with Gasteiger partial charge in [0.2, 0.25) is 0 Å². The third kappa shape index (κ3) is 5.20. The fraction of sp³-hybridized carbons (Fsp3) is 0.143. The van der Waals surface area contributed by atoms with Crippen molar-refractivity contribution < 1.29 is 18.7 Å². The second kappa shape index (κ2) is 9.36. The molecular weight excluding hydrogens is 361 g/mol. The molecule has 0 bridgehead atoms. The highest BCUT2D eigenvalue weighted by Gasteiger charge is 2.07. The number of carbonyl (C=O) groups excluding carboxylic acids is 1. The van der Waals surface area contributed by atoms with Crippen molar-refractivity contribution in [2.24, 2.45) is 0 Å². The summed E-state index contributed by atoms with van der Waals surface area (Å²) in [5.41, 5.74) is 1.20. The first kappa shape index (κ1) is 19.2. The summed E-state index contributed by atoms with van der Waals surface area (Å²) in [6.07, 6.45) is 1.48. The molecule has 1 heterocycles. The number of amides is 1. The van der Waals surface area contributed by atoms with E-state index in [1.54, 1.807) is 61.7 Å². The maximum absolute atomic E-state index is 13.7. The number of aromatic nitrogens is 1. The van der Waals surface area contributed by atoms with E-state index in [0.717, 1.165) is 5.75 Å². The molecule has 0 aliphatic rings. The van der Waals surface area contributed by atoms with Crippen molar-refractivity contribution in [1.29, 1.82) is 0 Å². The monoisotopic (exact) mass is 381 g/mol. The zero-order chi connectivity index (χ0) is 19.8. The van der Waals surface area contributed by atoms with Crippen molar-refractivity contribution in [1.82, 2.24) is 10.3 Å². The topological polar surface area (TPSA) is 72.5 Å². The minimum absolute atomic E-state index is 0.267. The molecule has 3 rings (SSSR count). The Morgan fingerprint density at radius 1 is 1.04 bits per heavy atom. The van der Waals surface area contributed by atoms with Gasteiger partial charge in [0.25, 0.3) is 5.91 Å². The summed E-state index contributed by atoms with van der Waals surface area (Å²) in [4.78, 5) is 16.2. The quantitative estimate of drug-likeness (QED) is 0.581. The number of hydrogen-bond acceptors (Lipinski definition) is 5. The minimum atomic E-state index is -0.360. The lowest BCUT2D eigenvalue weighted by atomic mass is 10.2. The summed E-state index contributed by atoms with van der Waals surface area (Å²) in [5, 5.41) is 5.66. The van der Waals surface area contributed by atoms with Gasteiger partial charge in [0, 0.05) is 0 Å². The van der Waals surface area contributed by atoms with Crippen LogP contribution in [0.3, 0.4) is 0 Å². The largest absolute Gasteiger partial charge is 0.497 e. The van der Waals surface area contributed by atoms with Crippen LogP contribution < -0.4 is 20.1 Å². The number of halogens is 1. The molecule has 0 atom stereocenters. The van der Waals surface area contributed by atoms with Crippen LogP contribution >= 0.6 is 0 Å². The van der Waals surface area contributed by atoms with Crippen molar-refractivity contribution >= 4 is 17.3 Å². The lowest BCUT2D eigenvalue weighted by Crippen LogP contribution is -2.28. The molecule has 144 valence electrons. The van der Waals surface area contributed by atoms with Gasteiger partial charge in [-0.1, -0.05) is 12.1 Å². The summed E-state index contributed by atoms with van der Waals surface area (Å²) in [5.74, 6) is 0.772. The highest BCUT2D eigenvalue weighted by molar-refractivity contribution is 5.92. The lowest BCUT2D eigenvalue weighted by molar-refractivity contribution is 0.0942. The number of ether oxygens (including phenoxy) is 2. The number of pyridine rings is 1. The molecule has 0 radical (unpaired) electrons. The highest BCUT2D eigenvalue weighted by Crippen LogP contribution is 2.19. The van der Waals surface area contributed by atoms with Crippen LogP contribution in [0.1, 0.15) is 10.5 Å². The standard InChI is InChI=1S/C21H20FN3O3/c1-27-16-7-9-17(10-8-16)28-13-12-23-21(26)20-11-6-15(14-24-20)25-19-5-3-2-4-18(19)22/h2-11,14,25H,12-13H2,1H3,(H,23,26). The van der Waals surface area contributed by atoms with Crippen molar-refractivity contribution in [2.75, 3.05) is 25.6 Å². The number of methoxy groups -OCH3 is 1. The fourth-order valence-electron chi connectivity index (χ4n) is 2.42. The highest BCUT2D eigenvalue weighted by atomic mass is 19.1. The average Bonchev–Trinajstić information content (AvgIpc) is 2.73. The zero-order valence-corrected chi connectivity index (χ0v) is 15.3. The molecule has 0 spiro atoms. The molecule has 0 unspecified atom stereocenters. The predicted molar refractivity (Wildman–Crippen MR) is 105 cm³/mol. The Labute approximate surface area is 162 Å². The summed E-state index contributed by atoms with van der Waals surface area (Å²) >= 11 is 0. The SMILES string of the molecule is COc1ccc(OCCNC(=O)c2ccc(Nc3ccccc3F)cn2)cc1. The van der Waals surface area contributed by atoms with Crippen LogP contribution in [0.4, 0.5) is 15.8 Å². The van der Waals surface area contributed by atoms with E-state index in [2.05, 4.69) is 15.6 Å². The first-order chi connectivity index (χ1) is 13.7. The summed E-state index contributed by atoms with van der Waals surface area (Å²) in [6, 6.07) is 16.8. The van der Waals surface area contributed by atoms with Gasteiger partial charge in [0.05, 0.1) is 31.2 Å². The van der Waals surface area contributed by atoms with Crippen LogP contribution in [-0.2, 0) is 0 Å². The summed E-state index contributed by atoms with van der Waals surface area (Å²) in [6.45, 7) is 0.659. The minimum Gasteiger partial charge on any atom is -0.497 e. The molecule has 1 amide bonds. The number of rotatable bonds is 8. The Hall–Kier alpha value is -3.61. The Morgan fingerprint density at radius 2 is 1.79 bits per heavy atom. The van der Waals surface area contributed by atoms with Gasteiger partial charge >= 0.3 is 0 Å². The smallest absolute Gasteiger partial charge is 0.269 e. The van der Waals surface area contributed by atoms with E-state index >= 15 is 0 Å². The molecule has 0 fully saturated rings. The van der Waals surface area contributed by atoms with E-state index in [1.165, 1.54) is 12.3 Å². The van der Waals surface area contributed by atoms with Gasteiger partial charge < -0.3 is 20.1 Å². The van der Waals surface area contributed by atoms with E-state index in [9.17, 15) is 9.18 Å². The molecule has 2 aromatic carbocycles. The van der Waals surface area contributed by atoms with Gasteiger partial charge in [-0.2, -0.15) is 0 Å². The molecule has 0 aliphatic heterocycles. The number of nitrogens with zero attached hydrogens (tertiary/aromatic N) is 1. The lowest BCUT2D eigenvalue weighted by Gasteiger charge is -2.09. The first-order valence-corrected chi connectivity index (χ1v) is 8.68. The number of benzene rings is 2. The maximum Gasteiger partial charge on any atom is 0.269 e. The van der Waals surface area contributed by atoms with Crippen molar-refractivity contribution in [3.63, 3.8) is 0 Å². The molecule has 0 saturated carbocycles. The molecule has 0 saturated heterocycles.